The number of hydrazone groups is 1. The summed E-state index contributed by atoms with van der Waals surface area (Å²) in [5.41, 5.74) is 7.46. The van der Waals surface area contributed by atoms with Crippen LogP contribution in [0.25, 0.3) is 5.57 Å². The summed E-state index contributed by atoms with van der Waals surface area (Å²) >= 11 is 3.53. The normalized spacial score (nSPS) is 14.8. The van der Waals surface area contributed by atoms with E-state index in [1.807, 2.05) is 11.0 Å². The van der Waals surface area contributed by atoms with Crippen molar-refractivity contribution in [1.82, 2.24) is 4.90 Å². The van der Waals surface area contributed by atoms with Crippen molar-refractivity contribution >= 4 is 39.8 Å². The molecule has 4 nitrogen and oxygen atoms in total. The fourth-order valence-corrected chi connectivity index (χ4v) is 2.87. The molecule has 1 aliphatic rings. The maximum atomic E-state index is 11.4. The summed E-state index contributed by atoms with van der Waals surface area (Å²) in [5, 5.41) is 3.74. The van der Waals surface area contributed by atoms with Crippen LogP contribution in [0.2, 0.25) is 0 Å². The molecule has 0 saturated heterocycles. The highest BCUT2D eigenvalue weighted by atomic mass is 79.9. The van der Waals surface area contributed by atoms with Gasteiger partial charge in [0.1, 0.15) is 0 Å². The van der Waals surface area contributed by atoms with Gasteiger partial charge < -0.3 is 4.90 Å². The van der Waals surface area contributed by atoms with Gasteiger partial charge in [-0.1, -0.05) is 22.0 Å². The van der Waals surface area contributed by atoms with Gasteiger partial charge >= 0.3 is 0 Å². The van der Waals surface area contributed by atoms with Gasteiger partial charge in [-0.05, 0) is 42.2 Å². The van der Waals surface area contributed by atoms with Crippen LogP contribution < -0.4 is 5.43 Å². The number of carbonyl (C=O) groups is 1. The lowest BCUT2D eigenvalue weighted by Gasteiger charge is -2.26. The largest absolute Gasteiger partial charge is 0.339 e. The highest BCUT2D eigenvalue weighted by Gasteiger charge is 2.17. The number of nitrogens with one attached hydrogen (secondary N) is 1. The molecule has 0 fully saturated rings. The minimum Gasteiger partial charge on any atom is -0.339 e. The van der Waals surface area contributed by atoms with Crippen LogP contribution in [0.5, 0.6) is 0 Å². The molecule has 1 heterocycles. The zero-order chi connectivity index (χ0) is 14.7. The molecule has 0 radical (unpaired) electrons. The first-order valence-corrected chi connectivity index (χ1v) is 7.29. The Balaban J connectivity index is 2.34. The van der Waals surface area contributed by atoms with Crippen LogP contribution >= 0.6 is 15.9 Å². The third-order valence-corrected chi connectivity index (χ3v) is 4.03. The lowest BCUT2D eigenvalue weighted by molar-refractivity contribution is -0.128. The van der Waals surface area contributed by atoms with E-state index in [2.05, 4.69) is 52.2 Å². The van der Waals surface area contributed by atoms with Crippen molar-refractivity contribution in [3.63, 3.8) is 0 Å². The molecule has 1 aromatic rings. The van der Waals surface area contributed by atoms with Gasteiger partial charge in [-0.25, -0.2) is 0 Å². The van der Waals surface area contributed by atoms with Crippen molar-refractivity contribution in [2.45, 2.75) is 20.3 Å². The predicted molar refractivity (Wildman–Crippen MR) is 86.9 cm³/mol. The second-order valence-electron chi connectivity index (χ2n) is 4.84. The molecule has 1 aliphatic heterocycles. The third-order valence-electron chi connectivity index (χ3n) is 3.57. The van der Waals surface area contributed by atoms with E-state index in [1.165, 1.54) is 11.1 Å². The van der Waals surface area contributed by atoms with Gasteiger partial charge in [0.15, 0.2) is 0 Å². The standard InChI is InChI=1S/C15H18BrN3O/c1-10-14(8-13(16)9-15(10)18-17-3)12-4-6-19(7-5-12)11(2)20/h4,8-9,18H,3,5-7H2,1-2H3. The van der Waals surface area contributed by atoms with Crippen LogP contribution in [-0.2, 0) is 4.79 Å². The Morgan fingerprint density at radius 3 is 2.80 bits per heavy atom. The summed E-state index contributed by atoms with van der Waals surface area (Å²) in [5.74, 6) is 0.129. The number of nitrogens with zero attached hydrogens (tertiary/aromatic N) is 2. The quantitative estimate of drug-likeness (QED) is 0.679. The van der Waals surface area contributed by atoms with Gasteiger partial charge in [-0.3, -0.25) is 10.2 Å². The molecule has 0 atom stereocenters. The highest BCUT2D eigenvalue weighted by Crippen LogP contribution is 2.32. The summed E-state index contributed by atoms with van der Waals surface area (Å²) < 4.78 is 0.999. The van der Waals surface area contributed by atoms with Gasteiger partial charge in [0.2, 0.25) is 5.91 Å². The van der Waals surface area contributed by atoms with Gasteiger partial charge in [0.05, 0.1) is 5.69 Å². The number of halogens is 1. The average molecular weight is 336 g/mol. The molecule has 0 aromatic heterocycles. The minimum atomic E-state index is 0.129. The molecular weight excluding hydrogens is 318 g/mol. The first-order valence-electron chi connectivity index (χ1n) is 6.49. The third kappa shape index (κ3) is 3.10. The average Bonchev–Trinajstić information content (AvgIpc) is 2.43. The Labute approximate surface area is 127 Å². The zero-order valence-corrected chi connectivity index (χ0v) is 13.3. The van der Waals surface area contributed by atoms with E-state index in [4.69, 9.17) is 0 Å². The molecule has 106 valence electrons. The summed E-state index contributed by atoms with van der Waals surface area (Å²) in [7, 11) is 0. The molecule has 0 unspecified atom stereocenters. The van der Waals surface area contributed by atoms with Crippen molar-refractivity contribution in [2.75, 3.05) is 18.5 Å². The van der Waals surface area contributed by atoms with E-state index in [0.29, 0.717) is 6.54 Å². The van der Waals surface area contributed by atoms with E-state index >= 15 is 0 Å². The Bertz CT molecular complexity index is 581. The molecule has 2 rings (SSSR count). The second-order valence-corrected chi connectivity index (χ2v) is 5.76. The van der Waals surface area contributed by atoms with Crippen molar-refractivity contribution in [3.8, 4) is 0 Å². The maximum Gasteiger partial charge on any atom is 0.219 e. The SMILES string of the molecule is C=NNc1cc(Br)cc(C2=CCN(C(C)=O)CC2)c1C. The van der Waals surface area contributed by atoms with E-state index in [9.17, 15) is 4.79 Å². The van der Waals surface area contributed by atoms with Gasteiger partial charge in [-0.15, -0.1) is 0 Å². The van der Waals surface area contributed by atoms with Crippen molar-refractivity contribution < 1.29 is 4.79 Å². The van der Waals surface area contributed by atoms with E-state index < -0.39 is 0 Å². The highest BCUT2D eigenvalue weighted by molar-refractivity contribution is 9.10. The van der Waals surface area contributed by atoms with Crippen LogP contribution in [0.1, 0.15) is 24.5 Å². The monoisotopic (exact) mass is 335 g/mol. The second kappa shape index (κ2) is 6.22. The lowest BCUT2D eigenvalue weighted by Crippen LogP contribution is -2.32. The van der Waals surface area contributed by atoms with Crippen molar-refractivity contribution in [1.29, 1.82) is 0 Å². The van der Waals surface area contributed by atoms with E-state index in [-0.39, 0.29) is 5.91 Å². The summed E-state index contributed by atoms with van der Waals surface area (Å²) in [6.07, 6.45) is 3.00. The Morgan fingerprint density at radius 1 is 1.50 bits per heavy atom. The smallest absolute Gasteiger partial charge is 0.219 e. The molecule has 0 aliphatic carbocycles. The van der Waals surface area contributed by atoms with Crippen molar-refractivity contribution in [3.05, 3.63) is 33.8 Å². The van der Waals surface area contributed by atoms with Crippen LogP contribution in [0.15, 0.2) is 27.8 Å². The number of hydrogen-bond acceptors (Lipinski definition) is 3. The van der Waals surface area contributed by atoms with Gasteiger partial charge in [0.25, 0.3) is 0 Å². The van der Waals surface area contributed by atoms with Crippen molar-refractivity contribution in [2.24, 2.45) is 5.10 Å². The number of carbonyl (C=O) groups excluding carboxylic acids is 1. The number of rotatable bonds is 3. The molecule has 5 heteroatoms. The number of amides is 1. The fourth-order valence-electron chi connectivity index (χ4n) is 2.41. The molecule has 0 spiro atoms. The summed E-state index contributed by atoms with van der Waals surface area (Å²) in [4.78, 5) is 13.2. The molecule has 1 aromatic carbocycles. The molecule has 0 saturated carbocycles. The van der Waals surface area contributed by atoms with Crippen LogP contribution in [0, 0.1) is 6.92 Å². The minimum absolute atomic E-state index is 0.129. The Hall–Kier alpha value is -1.62. The topological polar surface area (TPSA) is 44.7 Å². The first-order chi connectivity index (χ1) is 9.52. The first kappa shape index (κ1) is 14.8. The van der Waals surface area contributed by atoms with Crippen LogP contribution in [0.4, 0.5) is 5.69 Å². The zero-order valence-electron chi connectivity index (χ0n) is 11.7. The molecule has 20 heavy (non-hydrogen) atoms. The van der Waals surface area contributed by atoms with Gasteiger partial charge in [0, 0.05) is 31.2 Å². The van der Waals surface area contributed by atoms with Gasteiger partial charge in [-0.2, -0.15) is 5.10 Å². The Kier molecular flexibility index (Phi) is 4.60. The molecule has 1 amide bonds. The fraction of sp³-hybridized carbons (Fsp3) is 0.333. The summed E-state index contributed by atoms with van der Waals surface area (Å²) in [6.45, 7) is 8.59. The molecular formula is C15H18BrN3O. The Morgan fingerprint density at radius 2 is 2.25 bits per heavy atom. The van der Waals surface area contributed by atoms with Crippen LogP contribution in [-0.4, -0.2) is 30.6 Å². The predicted octanol–water partition coefficient (Wildman–Crippen LogP) is 3.42. The van der Waals surface area contributed by atoms with E-state index in [0.717, 1.165) is 28.7 Å². The molecule has 1 N–H and O–H groups in total. The molecule has 0 bridgehead atoms. The van der Waals surface area contributed by atoms with Crippen LogP contribution in [0.3, 0.4) is 0 Å². The number of benzene rings is 1. The number of anilines is 1. The maximum absolute atomic E-state index is 11.4. The lowest BCUT2D eigenvalue weighted by atomic mass is 9.94. The number of hydrogen-bond donors (Lipinski definition) is 1. The summed E-state index contributed by atoms with van der Waals surface area (Å²) in [6, 6.07) is 4.09. The van der Waals surface area contributed by atoms with E-state index in [1.54, 1.807) is 6.92 Å².